The molecule has 4 nitrogen and oxygen atoms in total. The van der Waals surface area contributed by atoms with Gasteiger partial charge in [-0.15, -0.1) is 0 Å². The third-order valence-corrected chi connectivity index (χ3v) is 3.12. The second-order valence-corrected chi connectivity index (χ2v) is 5.08. The quantitative estimate of drug-likeness (QED) is 0.827. The van der Waals surface area contributed by atoms with Crippen LogP contribution in [0.4, 0.5) is 5.69 Å². The average molecular weight is 325 g/mol. The van der Waals surface area contributed by atoms with Crippen LogP contribution >= 0.6 is 15.9 Å². The largest absolute Gasteiger partial charge is 0.488 e. The Labute approximate surface area is 121 Å². The molecule has 0 bridgehead atoms. The molecule has 2 N–H and O–H groups in total. The fourth-order valence-electron chi connectivity index (χ4n) is 1.77. The highest BCUT2D eigenvalue weighted by Gasteiger charge is 2.08. The van der Waals surface area contributed by atoms with Crippen LogP contribution in [-0.2, 0) is 4.74 Å². The summed E-state index contributed by atoms with van der Waals surface area (Å²) in [6, 6.07) is 5.83. The first kappa shape index (κ1) is 14.1. The van der Waals surface area contributed by atoms with Crippen LogP contribution in [0.2, 0.25) is 0 Å². The van der Waals surface area contributed by atoms with Crippen LogP contribution in [-0.4, -0.2) is 24.8 Å². The number of anilines is 1. The molecule has 0 saturated heterocycles. The summed E-state index contributed by atoms with van der Waals surface area (Å²) < 4.78 is 12.1. The lowest BCUT2D eigenvalue weighted by Gasteiger charge is -2.12. The number of nitrogens with zero attached hydrogens (tertiary/aromatic N) is 1. The van der Waals surface area contributed by atoms with Crippen LogP contribution in [0.3, 0.4) is 0 Å². The van der Waals surface area contributed by atoms with Gasteiger partial charge in [0.15, 0.2) is 5.75 Å². The van der Waals surface area contributed by atoms with Crippen LogP contribution in [0, 0.1) is 0 Å². The van der Waals surface area contributed by atoms with Crippen LogP contribution in [0.1, 0.15) is 13.3 Å². The maximum atomic E-state index is 5.93. The van der Waals surface area contributed by atoms with Crippen molar-refractivity contribution in [1.29, 1.82) is 0 Å². The Balaban J connectivity index is 2.16. The van der Waals surface area contributed by atoms with Gasteiger partial charge in [-0.1, -0.05) is 22.9 Å². The van der Waals surface area contributed by atoms with E-state index in [0.717, 1.165) is 28.4 Å². The number of pyridine rings is 1. The lowest BCUT2D eigenvalue weighted by atomic mass is 10.2. The predicted molar refractivity (Wildman–Crippen MR) is 80.5 cm³/mol. The van der Waals surface area contributed by atoms with Gasteiger partial charge in [0.1, 0.15) is 6.61 Å². The molecule has 0 aliphatic heterocycles. The number of aromatic nitrogens is 1. The maximum absolute atomic E-state index is 5.93. The van der Waals surface area contributed by atoms with E-state index in [1.54, 1.807) is 6.20 Å². The van der Waals surface area contributed by atoms with Gasteiger partial charge in [0, 0.05) is 16.5 Å². The molecule has 2 aromatic rings. The lowest BCUT2D eigenvalue weighted by Crippen LogP contribution is -2.08. The maximum Gasteiger partial charge on any atom is 0.153 e. The van der Waals surface area contributed by atoms with E-state index in [1.807, 2.05) is 18.2 Å². The number of nitrogen functional groups attached to an aromatic ring is 1. The minimum Gasteiger partial charge on any atom is -0.488 e. The number of halogens is 1. The first-order valence-corrected chi connectivity index (χ1v) is 7.06. The van der Waals surface area contributed by atoms with Crippen LogP contribution in [0.15, 0.2) is 28.9 Å². The van der Waals surface area contributed by atoms with Crippen molar-refractivity contribution in [3.8, 4) is 5.75 Å². The van der Waals surface area contributed by atoms with E-state index in [4.69, 9.17) is 15.2 Å². The second kappa shape index (κ2) is 6.73. The summed E-state index contributed by atoms with van der Waals surface area (Å²) in [5, 5.41) is 0.907. The van der Waals surface area contributed by atoms with E-state index in [-0.39, 0.29) is 0 Å². The zero-order valence-corrected chi connectivity index (χ0v) is 12.4. The summed E-state index contributed by atoms with van der Waals surface area (Å²) in [5.41, 5.74) is 7.34. The Kier molecular flexibility index (Phi) is 4.99. The fourth-order valence-corrected chi connectivity index (χ4v) is 2.13. The highest BCUT2D eigenvalue weighted by molar-refractivity contribution is 9.10. The molecule has 1 aromatic heterocycles. The third-order valence-electron chi connectivity index (χ3n) is 2.63. The first-order chi connectivity index (χ1) is 9.22. The zero-order chi connectivity index (χ0) is 13.7. The standard InChI is InChI=1S/C14H17BrN2O2/c1-2-5-18-6-7-19-14-11-8-10(15)3-4-13(11)17-9-12(14)16/h3-4,8-9H,2,5-7,16H2,1H3. The van der Waals surface area contributed by atoms with Gasteiger partial charge < -0.3 is 15.2 Å². The highest BCUT2D eigenvalue weighted by atomic mass is 79.9. The Morgan fingerprint density at radius 3 is 2.89 bits per heavy atom. The number of benzene rings is 1. The molecular formula is C14H17BrN2O2. The van der Waals surface area contributed by atoms with E-state index in [0.29, 0.717) is 24.7 Å². The predicted octanol–water partition coefficient (Wildman–Crippen LogP) is 3.38. The van der Waals surface area contributed by atoms with Crippen LogP contribution in [0.5, 0.6) is 5.75 Å². The third kappa shape index (κ3) is 3.58. The minimum absolute atomic E-state index is 0.482. The summed E-state index contributed by atoms with van der Waals surface area (Å²) in [6.45, 7) is 3.87. The monoisotopic (exact) mass is 324 g/mol. The topological polar surface area (TPSA) is 57.4 Å². The van der Waals surface area contributed by atoms with Crippen molar-refractivity contribution in [2.75, 3.05) is 25.6 Å². The van der Waals surface area contributed by atoms with Crippen LogP contribution < -0.4 is 10.5 Å². The summed E-state index contributed by atoms with van der Waals surface area (Å²) in [5.74, 6) is 0.673. The Morgan fingerprint density at radius 2 is 2.11 bits per heavy atom. The van der Waals surface area contributed by atoms with Gasteiger partial charge in [-0.2, -0.15) is 0 Å². The number of nitrogens with two attached hydrogens (primary N) is 1. The van der Waals surface area contributed by atoms with E-state index in [2.05, 4.69) is 27.8 Å². The van der Waals surface area contributed by atoms with Gasteiger partial charge in [0.05, 0.1) is 24.0 Å². The van der Waals surface area contributed by atoms with Gasteiger partial charge >= 0.3 is 0 Å². The van der Waals surface area contributed by atoms with Gasteiger partial charge in [-0.25, -0.2) is 0 Å². The smallest absolute Gasteiger partial charge is 0.153 e. The lowest BCUT2D eigenvalue weighted by molar-refractivity contribution is 0.101. The van der Waals surface area contributed by atoms with Crippen molar-refractivity contribution in [3.05, 3.63) is 28.9 Å². The van der Waals surface area contributed by atoms with Gasteiger partial charge in [-0.05, 0) is 24.6 Å². The average Bonchev–Trinajstić information content (AvgIpc) is 2.40. The van der Waals surface area contributed by atoms with E-state index in [1.165, 1.54) is 0 Å². The molecule has 5 heteroatoms. The van der Waals surface area contributed by atoms with E-state index < -0.39 is 0 Å². The molecule has 0 spiro atoms. The summed E-state index contributed by atoms with van der Waals surface area (Å²) in [7, 11) is 0. The van der Waals surface area contributed by atoms with Gasteiger partial charge in [0.25, 0.3) is 0 Å². The second-order valence-electron chi connectivity index (χ2n) is 4.16. The molecule has 0 amide bonds. The fraction of sp³-hybridized carbons (Fsp3) is 0.357. The van der Waals surface area contributed by atoms with Gasteiger partial charge in [0.2, 0.25) is 0 Å². The molecule has 19 heavy (non-hydrogen) atoms. The Hall–Kier alpha value is -1.33. The molecular weight excluding hydrogens is 308 g/mol. The summed E-state index contributed by atoms with van der Waals surface area (Å²) in [4.78, 5) is 4.28. The Bertz CT molecular complexity index is 555. The molecule has 2 rings (SSSR count). The molecule has 0 saturated carbocycles. The Morgan fingerprint density at radius 1 is 1.26 bits per heavy atom. The number of fused-ring (bicyclic) bond motifs is 1. The molecule has 0 fully saturated rings. The normalized spacial score (nSPS) is 10.8. The molecule has 0 radical (unpaired) electrons. The van der Waals surface area contributed by atoms with Crippen LogP contribution in [0.25, 0.3) is 10.9 Å². The van der Waals surface area contributed by atoms with E-state index >= 15 is 0 Å². The van der Waals surface area contributed by atoms with Crippen molar-refractivity contribution in [2.24, 2.45) is 0 Å². The van der Waals surface area contributed by atoms with Crippen molar-refractivity contribution < 1.29 is 9.47 Å². The molecule has 0 aliphatic rings. The molecule has 0 aliphatic carbocycles. The first-order valence-electron chi connectivity index (χ1n) is 6.26. The number of rotatable bonds is 6. The van der Waals surface area contributed by atoms with Gasteiger partial charge in [-0.3, -0.25) is 4.98 Å². The van der Waals surface area contributed by atoms with E-state index in [9.17, 15) is 0 Å². The number of ether oxygens (including phenoxy) is 2. The molecule has 0 atom stereocenters. The SMILES string of the molecule is CCCOCCOc1c(N)cnc2ccc(Br)cc12. The van der Waals surface area contributed by atoms with Crippen molar-refractivity contribution in [2.45, 2.75) is 13.3 Å². The molecule has 1 aromatic carbocycles. The van der Waals surface area contributed by atoms with Crippen molar-refractivity contribution >= 4 is 32.5 Å². The molecule has 102 valence electrons. The molecule has 0 unspecified atom stereocenters. The van der Waals surface area contributed by atoms with Crippen molar-refractivity contribution in [1.82, 2.24) is 4.98 Å². The van der Waals surface area contributed by atoms with Crippen molar-refractivity contribution in [3.63, 3.8) is 0 Å². The highest BCUT2D eigenvalue weighted by Crippen LogP contribution is 2.32. The minimum atomic E-state index is 0.482. The number of hydrogen-bond donors (Lipinski definition) is 1. The molecule has 1 heterocycles. The summed E-state index contributed by atoms with van der Waals surface area (Å²) >= 11 is 3.44. The number of hydrogen-bond acceptors (Lipinski definition) is 4. The zero-order valence-electron chi connectivity index (χ0n) is 10.9. The summed E-state index contributed by atoms with van der Waals surface area (Å²) in [6.07, 6.45) is 2.63.